The minimum Gasteiger partial charge on any atom is -0.457 e. The van der Waals surface area contributed by atoms with Crippen LogP contribution in [0.4, 0.5) is 11.4 Å². The Morgan fingerprint density at radius 2 is 1.70 bits per heavy atom. The molecule has 0 radical (unpaired) electrons. The van der Waals surface area contributed by atoms with E-state index < -0.39 is 16.7 Å². The van der Waals surface area contributed by atoms with E-state index in [1.54, 1.807) is 48.5 Å². The fraction of sp³-hybridized carbons (Fsp3) is 0.0417. The lowest BCUT2D eigenvalue weighted by atomic mass is 10.1. The van der Waals surface area contributed by atoms with Crippen molar-refractivity contribution in [3.63, 3.8) is 0 Å². The SMILES string of the molecule is C=CCN1C(=O)/C(=C\c2ccc(-c3ccc([N+](=O)[O-])cc3)o2)C(=O)N(c2ccccc2)C1=S. The van der Waals surface area contributed by atoms with Crippen molar-refractivity contribution in [1.82, 2.24) is 4.90 Å². The third kappa shape index (κ3) is 4.21. The lowest BCUT2D eigenvalue weighted by Gasteiger charge is -2.36. The monoisotopic (exact) mass is 459 g/mol. The molecule has 1 aliphatic heterocycles. The Labute approximate surface area is 194 Å². The van der Waals surface area contributed by atoms with Gasteiger partial charge in [-0.3, -0.25) is 29.5 Å². The van der Waals surface area contributed by atoms with Gasteiger partial charge in [0.15, 0.2) is 5.11 Å². The third-order valence-electron chi connectivity index (χ3n) is 4.93. The highest BCUT2D eigenvalue weighted by molar-refractivity contribution is 7.80. The summed E-state index contributed by atoms with van der Waals surface area (Å²) in [4.78, 5) is 39.3. The van der Waals surface area contributed by atoms with Crippen molar-refractivity contribution in [1.29, 1.82) is 0 Å². The molecule has 1 fully saturated rings. The Morgan fingerprint density at radius 1 is 1.00 bits per heavy atom. The third-order valence-corrected chi connectivity index (χ3v) is 5.34. The Kier molecular flexibility index (Phi) is 5.97. The summed E-state index contributed by atoms with van der Waals surface area (Å²) >= 11 is 5.43. The summed E-state index contributed by atoms with van der Waals surface area (Å²) in [6, 6.07) is 17.9. The number of carbonyl (C=O) groups is 2. The summed E-state index contributed by atoms with van der Waals surface area (Å²) in [5.74, 6) is -0.402. The second-order valence-electron chi connectivity index (χ2n) is 7.03. The number of nitro groups is 1. The number of hydrogen-bond acceptors (Lipinski definition) is 6. The second kappa shape index (κ2) is 9.01. The number of rotatable bonds is 6. The van der Waals surface area contributed by atoms with Crippen molar-refractivity contribution >= 4 is 46.6 Å². The molecule has 1 aromatic heterocycles. The lowest BCUT2D eigenvalue weighted by Crippen LogP contribution is -2.56. The normalized spacial score (nSPS) is 15.3. The Balaban J connectivity index is 1.70. The van der Waals surface area contributed by atoms with E-state index in [2.05, 4.69) is 6.58 Å². The fourth-order valence-corrected chi connectivity index (χ4v) is 3.69. The van der Waals surface area contributed by atoms with Crippen LogP contribution in [0.2, 0.25) is 0 Å². The molecular weight excluding hydrogens is 442 g/mol. The van der Waals surface area contributed by atoms with E-state index in [4.69, 9.17) is 16.6 Å². The molecule has 9 heteroatoms. The molecule has 0 saturated carbocycles. The summed E-state index contributed by atoms with van der Waals surface area (Å²) in [6.45, 7) is 3.80. The molecule has 2 aromatic carbocycles. The van der Waals surface area contributed by atoms with E-state index in [9.17, 15) is 19.7 Å². The fourth-order valence-electron chi connectivity index (χ4n) is 3.35. The van der Waals surface area contributed by atoms with Crippen LogP contribution in [0.25, 0.3) is 17.4 Å². The van der Waals surface area contributed by atoms with Crippen molar-refractivity contribution in [2.45, 2.75) is 0 Å². The highest BCUT2D eigenvalue weighted by Crippen LogP contribution is 2.29. The van der Waals surface area contributed by atoms with Gasteiger partial charge < -0.3 is 4.42 Å². The van der Waals surface area contributed by atoms with Crippen molar-refractivity contribution < 1.29 is 18.9 Å². The number of nitro benzene ring substituents is 1. The number of amides is 2. The number of benzene rings is 2. The van der Waals surface area contributed by atoms with E-state index in [-0.39, 0.29) is 28.7 Å². The summed E-state index contributed by atoms with van der Waals surface area (Å²) in [5.41, 5.74) is 1.00. The number of para-hydroxylation sites is 1. The molecule has 0 aliphatic carbocycles. The van der Waals surface area contributed by atoms with Crippen molar-refractivity contribution in [2.24, 2.45) is 0 Å². The quantitative estimate of drug-likeness (QED) is 0.134. The van der Waals surface area contributed by atoms with E-state index in [1.165, 1.54) is 34.1 Å². The first kappa shape index (κ1) is 21.8. The maximum Gasteiger partial charge on any atom is 0.270 e. The van der Waals surface area contributed by atoms with Gasteiger partial charge in [-0.15, -0.1) is 6.58 Å². The van der Waals surface area contributed by atoms with Gasteiger partial charge in [0.1, 0.15) is 17.1 Å². The molecule has 33 heavy (non-hydrogen) atoms. The number of anilines is 1. The summed E-state index contributed by atoms with van der Waals surface area (Å²) < 4.78 is 5.79. The van der Waals surface area contributed by atoms with Crippen molar-refractivity contribution in [3.05, 3.63) is 101 Å². The summed E-state index contributed by atoms with van der Waals surface area (Å²) in [5, 5.41) is 10.9. The number of nitrogens with zero attached hydrogens (tertiary/aromatic N) is 3. The Hall–Kier alpha value is -4.37. The molecule has 0 N–H and O–H groups in total. The van der Waals surface area contributed by atoms with Crippen LogP contribution >= 0.6 is 12.2 Å². The zero-order valence-electron chi connectivity index (χ0n) is 17.2. The van der Waals surface area contributed by atoms with Gasteiger partial charge in [0.25, 0.3) is 17.5 Å². The molecule has 8 nitrogen and oxygen atoms in total. The molecule has 164 valence electrons. The molecule has 0 atom stereocenters. The van der Waals surface area contributed by atoms with Crippen LogP contribution in [0.1, 0.15) is 5.76 Å². The minimum atomic E-state index is -0.565. The number of hydrogen-bond donors (Lipinski definition) is 0. The van der Waals surface area contributed by atoms with E-state index >= 15 is 0 Å². The van der Waals surface area contributed by atoms with Crippen LogP contribution in [-0.2, 0) is 9.59 Å². The van der Waals surface area contributed by atoms with Crippen LogP contribution in [0.15, 0.2) is 89.4 Å². The van der Waals surface area contributed by atoms with E-state index in [0.29, 0.717) is 17.0 Å². The molecular formula is C24H17N3O5S. The van der Waals surface area contributed by atoms with Crippen molar-refractivity contribution in [3.8, 4) is 11.3 Å². The molecule has 1 aliphatic rings. The van der Waals surface area contributed by atoms with Gasteiger partial charge in [-0.2, -0.15) is 0 Å². The predicted octanol–water partition coefficient (Wildman–Crippen LogP) is 4.58. The first-order valence-electron chi connectivity index (χ1n) is 9.83. The van der Waals surface area contributed by atoms with Gasteiger partial charge in [0.2, 0.25) is 0 Å². The van der Waals surface area contributed by atoms with Gasteiger partial charge in [0, 0.05) is 24.2 Å². The molecule has 2 amide bonds. The molecule has 3 aromatic rings. The Bertz CT molecular complexity index is 1300. The highest BCUT2D eigenvalue weighted by Gasteiger charge is 2.40. The van der Waals surface area contributed by atoms with Gasteiger partial charge >= 0.3 is 0 Å². The summed E-state index contributed by atoms with van der Waals surface area (Å²) in [6.07, 6.45) is 2.90. The van der Waals surface area contributed by atoms with Gasteiger partial charge in [-0.05, 0) is 54.7 Å². The van der Waals surface area contributed by atoms with Crippen LogP contribution < -0.4 is 4.90 Å². The number of furan rings is 1. The van der Waals surface area contributed by atoms with Crippen molar-refractivity contribution in [2.75, 3.05) is 11.4 Å². The number of non-ortho nitro benzene ring substituents is 1. The maximum absolute atomic E-state index is 13.3. The maximum atomic E-state index is 13.3. The van der Waals surface area contributed by atoms with Gasteiger partial charge in [0.05, 0.1) is 10.6 Å². The minimum absolute atomic E-state index is 0.0367. The van der Waals surface area contributed by atoms with Crippen LogP contribution in [0, 0.1) is 10.1 Å². The zero-order chi connectivity index (χ0) is 23.5. The first-order valence-corrected chi connectivity index (χ1v) is 10.2. The molecule has 0 spiro atoms. The molecule has 0 unspecified atom stereocenters. The smallest absolute Gasteiger partial charge is 0.270 e. The zero-order valence-corrected chi connectivity index (χ0v) is 18.0. The first-order chi connectivity index (χ1) is 15.9. The predicted molar refractivity (Wildman–Crippen MR) is 127 cm³/mol. The van der Waals surface area contributed by atoms with E-state index in [1.807, 2.05) is 6.07 Å². The molecule has 1 saturated heterocycles. The average Bonchev–Trinajstić information content (AvgIpc) is 3.29. The topological polar surface area (TPSA) is 96.9 Å². The van der Waals surface area contributed by atoms with Gasteiger partial charge in [-0.1, -0.05) is 24.3 Å². The lowest BCUT2D eigenvalue weighted by molar-refractivity contribution is -0.384. The molecule has 0 bridgehead atoms. The Morgan fingerprint density at radius 3 is 2.33 bits per heavy atom. The summed E-state index contributed by atoms with van der Waals surface area (Å²) in [7, 11) is 0. The van der Waals surface area contributed by atoms with Crippen LogP contribution in [0.5, 0.6) is 0 Å². The number of thiocarbonyl (C=S) groups is 1. The van der Waals surface area contributed by atoms with E-state index in [0.717, 1.165) is 0 Å². The number of carbonyl (C=O) groups excluding carboxylic acids is 2. The second-order valence-corrected chi connectivity index (χ2v) is 7.39. The van der Waals surface area contributed by atoms with Crippen LogP contribution in [0.3, 0.4) is 0 Å². The standard InChI is InChI=1S/C24H17N3O5S/c1-2-14-25-22(28)20(23(29)26(24(25)33)17-6-4-3-5-7-17)15-19-12-13-21(32-19)16-8-10-18(11-9-16)27(30)31/h2-13,15H,1,14H2/b20-15+. The largest absolute Gasteiger partial charge is 0.457 e. The molecule has 2 heterocycles. The van der Waals surface area contributed by atoms with Gasteiger partial charge in [-0.25, -0.2) is 0 Å². The van der Waals surface area contributed by atoms with Crippen LogP contribution in [-0.4, -0.2) is 33.3 Å². The average molecular weight is 459 g/mol. The highest BCUT2D eigenvalue weighted by atomic mass is 32.1. The molecule has 4 rings (SSSR count).